The first kappa shape index (κ1) is 13.6. The van der Waals surface area contributed by atoms with Crippen LogP contribution < -0.4 is 11.1 Å². The Morgan fingerprint density at radius 1 is 1.21 bits per heavy atom. The Morgan fingerprint density at radius 2 is 2.11 bits per heavy atom. The number of nitrogen functional groups attached to an aromatic ring is 1. The first-order chi connectivity index (χ1) is 9.33. The molecule has 1 heterocycles. The summed E-state index contributed by atoms with van der Waals surface area (Å²) in [6, 6.07) is 7.76. The molecule has 0 atom stereocenters. The molecule has 3 N–H and O–H groups in total. The SMILES string of the molecule is COCCOCCNc1ccc2ncccc2c1N. The highest BCUT2D eigenvalue weighted by molar-refractivity contribution is 5.96. The van der Waals surface area contributed by atoms with Crippen LogP contribution >= 0.6 is 0 Å². The Bertz CT molecular complexity index is 531. The van der Waals surface area contributed by atoms with E-state index in [2.05, 4.69) is 10.3 Å². The predicted molar refractivity (Wildman–Crippen MR) is 77.3 cm³/mol. The third-order valence-corrected chi connectivity index (χ3v) is 2.82. The van der Waals surface area contributed by atoms with Gasteiger partial charge in [-0.15, -0.1) is 0 Å². The average Bonchev–Trinajstić information content (AvgIpc) is 2.45. The summed E-state index contributed by atoms with van der Waals surface area (Å²) in [4.78, 5) is 4.27. The van der Waals surface area contributed by atoms with Crippen LogP contribution in [0.25, 0.3) is 10.9 Å². The van der Waals surface area contributed by atoms with Crippen molar-refractivity contribution in [2.24, 2.45) is 0 Å². The smallest absolute Gasteiger partial charge is 0.0724 e. The van der Waals surface area contributed by atoms with Crippen LogP contribution in [0.3, 0.4) is 0 Å². The van der Waals surface area contributed by atoms with Crippen LogP contribution in [0, 0.1) is 0 Å². The van der Waals surface area contributed by atoms with E-state index < -0.39 is 0 Å². The molecule has 0 aliphatic carbocycles. The van der Waals surface area contributed by atoms with E-state index in [0.29, 0.717) is 26.4 Å². The number of methoxy groups -OCH3 is 1. The van der Waals surface area contributed by atoms with Crippen molar-refractivity contribution in [3.8, 4) is 0 Å². The lowest BCUT2D eigenvalue weighted by Crippen LogP contribution is -2.12. The molecule has 1 aromatic heterocycles. The van der Waals surface area contributed by atoms with Crippen molar-refractivity contribution < 1.29 is 9.47 Å². The molecule has 0 amide bonds. The Kier molecular flexibility index (Phi) is 4.94. The van der Waals surface area contributed by atoms with Crippen LogP contribution in [0.5, 0.6) is 0 Å². The second-order valence-corrected chi connectivity index (χ2v) is 4.13. The van der Waals surface area contributed by atoms with E-state index in [0.717, 1.165) is 22.3 Å². The number of fused-ring (bicyclic) bond motifs is 1. The third-order valence-electron chi connectivity index (χ3n) is 2.82. The van der Waals surface area contributed by atoms with Gasteiger partial charge in [0.25, 0.3) is 0 Å². The van der Waals surface area contributed by atoms with Gasteiger partial charge in [-0.2, -0.15) is 0 Å². The van der Waals surface area contributed by atoms with E-state index in [1.807, 2.05) is 24.3 Å². The molecule has 0 fully saturated rings. The number of aromatic nitrogens is 1. The summed E-state index contributed by atoms with van der Waals surface area (Å²) in [5.74, 6) is 0. The fourth-order valence-corrected chi connectivity index (χ4v) is 1.83. The van der Waals surface area contributed by atoms with Crippen LogP contribution in [0.4, 0.5) is 11.4 Å². The highest BCUT2D eigenvalue weighted by atomic mass is 16.5. The lowest BCUT2D eigenvalue weighted by atomic mass is 10.1. The number of nitrogens with two attached hydrogens (primary N) is 1. The number of hydrogen-bond acceptors (Lipinski definition) is 5. The molecule has 5 nitrogen and oxygen atoms in total. The van der Waals surface area contributed by atoms with Crippen molar-refractivity contribution in [1.82, 2.24) is 4.98 Å². The van der Waals surface area contributed by atoms with E-state index in [9.17, 15) is 0 Å². The van der Waals surface area contributed by atoms with Gasteiger partial charge >= 0.3 is 0 Å². The minimum absolute atomic E-state index is 0.606. The van der Waals surface area contributed by atoms with Gasteiger partial charge in [-0.3, -0.25) is 4.98 Å². The Balaban J connectivity index is 1.92. The summed E-state index contributed by atoms with van der Waals surface area (Å²) in [6.45, 7) is 2.55. The molecule has 5 heteroatoms. The largest absolute Gasteiger partial charge is 0.397 e. The molecule has 0 aliphatic rings. The van der Waals surface area contributed by atoms with Crippen LogP contribution in [0.2, 0.25) is 0 Å². The van der Waals surface area contributed by atoms with Crippen molar-refractivity contribution in [3.05, 3.63) is 30.5 Å². The number of benzene rings is 1. The molecule has 0 unspecified atom stereocenters. The molecule has 0 bridgehead atoms. The van der Waals surface area contributed by atoms with Gasteiger partial charge in [-0.25, -0.2) is 0 Å². The van der Waals surface area contributed by atoms with Gasteiger partial charge in [0.15, 0.2) is 0 Å². The summed E-state index contributed by atoms with van der Waals surface area (Å²) >= 11 is 0. The van der Waals surface area contributed by atoms with Gasteiger partial charge in [0.05, 0.1) is 36.7 Å². The van der Waals surface area contributed by atoms with Crippen molar-refractivity contribution in [1.29, 1.82) is 0 Å². The molecule has 102 valence electrons. The number of ether oxygens (including phenoxy) is 2. The van der Waals surface area contributed by atoms with Crippen molar-refractivity contribution >= 4 is 22.3 Å². The van der Waals surface area contributed by atoms with Crippen LogP contribution in [-0.2, 0) is 9.47 Å². The lowest BCUT2D eigenvalue weighted by molar-refractivity contribution is 0.0759. The Hall–Kier alpha value is -1.85. The molecule has 0 aliphatic heterocycles. The molecular weight excluding hydrogens is 242 g/mol. The van der Waals surface area contributed by atoms with Crippen LogP contribution in [0.1, 0.15) is 0 Å². The minimum atomic E-state index is 0.606. The van der Waals surface area contributed by atoms with Crippen molar-refractivity contribution in [3.63, 3.8) is 0 Å². The number of anilines is 2. The van der Waals surface area contributed by atoms with Gasteiger partial charge in [0, 0.05) is 25.2 Å². The predicted octanol–water partition coefficient (Wildman–Crippen LogP) is 1.89. The summed E-state index contributed by atoms with van der Waals surface area (Å²) in [5.41, 5.74) is 8.66. The summed E-state index contributed by atoms with van der Waals surface area (Å²) < 4.78 is 10.3. The molecule has 2 aromatic rings. The lowest BCUT2D eigenvalue weighted by Gasteiger charge is -2.11. The first-order valence-corrected chi connectivity index (χ1v) is 6.26. The quantitative estimate of drug-likeness (QED) is 0.588. The summed E-state index contributed by atoms with van der Waals surface area (Å²) in [5, 5.41) is 4.23. The standard InChI is InChI=1S/C14H19N3O2/c1-18-9-10-19-8-7-17-13-5-4-12-11(14(13)15)3-2-6-16-12/h2-6,17H,7-10,15H2,1H3. The van der Waals surface area contributed by atoms with Gasteiger partial charge in [0.1, 0.15) is 0 Å². The van der Waals surface area contributed by atoms with Crippen molar-refractivity contribution in [2.75, 3.05) is 44.5 Å². The van der Waals surface area contributed by atoms with Crippen molar-refractivity contribution in [2.45, 2.75) is 0 Å². The zero-order valence-corrected chi connectivity index (χ0v) is 11.1. The zero-order valence-electron chi connectivity index (χ0n) is 11.1. The molecule has 0 spiro atoms. The van der Waals surface area contributed by atoms with Crippen LogP contribution in [0.15, 0.2) is 30.5 Å². The molecule has 19 heavy (non-hydrogen) atoms. The van der Waals surface area contributed by atoms with E-state index >= 15 is 0 Å². The molecule has 0 saturated heterocycles. The normalized spacial score (nSPS) is 10.8. The summed E-state index contributed by atoms with van der Waals surface area (Å²) in [6.07, 6.45) is 1.76. The molecule has 2 rings (SSSR count). The maximum absolute atomic E-state index is 6.12. The zero-order chi connectivity index (χ0) is 13.5. The number of rotatable bonds is 7. The number of nitrogens with one attached hydrogen (secondary N) is 1. The molecule has 1 aromatic carbocycles. The number of hydrogen-bond donors (Lipinski definition) is 2. The monoisotopic (exact) mass is 261 g/mol. The minimum Gasteiger partial charge on any atom is -0.397 e. The molecule has 0 saturated carbocycles. The molecular formula is C14H19N3O2. The summed E-state index contributed by atoms with van der Waals surface area (Å²) in [7, 11) is 1.66. The van der Waals surface area contributed by atoms with Gasteiger partial charge in [-0.05, 0) is 24.3 Å². The van der Waals surface area contributed by atoms with E-state index in [1.54, 1.807) is 13.3 Å². The highest BCUT2D eigenvalue weighted by Crippen LogP contribution is 2.26. The van der Waals surface area contributed by atoms with Gasteiger partial charge in [-0.1, -0.05) is 0 Å². The fourth-order valence-electron chi connectivity index (χ4n) is 1.83. The van der Waals surface area contributed by atoms with E-state index in [1.165, 1.54) is 0 Å². The topological polar surface area (TPSA) is 69.4 Å². The van der Waals surface area contributed by atoms with Gasteiger partial charge in [0.2, 0.25) is 0 Å². The van der Waals surface area contributed by atoms with Gasteiger partial charge < -0.3 is 20.5 Å². The number of pyridine rings is 1. The third kappa shape index (κ3) is 3.56. The van der Waals surface area contributed by atoms with E-state index in [4.69, 9.17) is 15.2 Å². The Morgan fingerprint density at radius 3 is 2.95 bits per heavy atom. The first-order valence-electron chi connectivity index (χ1n) is 6.26. The molecule has 0 radical (unpaired) electrons. The second kappa shape index (κ2) is 6.92. The maximum Gasteiger partial charge on any atom is 0.0724 e. The van der Waals surface area contributed by atoms with Crippen LogP contribution in [-0.4, -0.2) is 38.5 Å². The average molecular weight is 261 g/mol. The highest BCUT2D eigenvalue weighted by Gasteiger charge is 2.03. The number of nitrogens with zero attached hydrogens (tertiary/aromatic N) is 1. The fraction of sp³-hybridized carbons (Fsp3) is 0.357. The second-order valence-electron chi connectivity index (χ2n) is 4.13. The van der Waals surface area contributed by atoms with E-state index in [-0.39, 0.29) is 0 Å². The Labute approximate surface area is 112 Å². The maximum atomic E-state index is 6.12.